The Kier molecular flexibility index (Phi) is 3.03. The lowest BCUT2D eigenvalue weighted by atomic mass is 10.2. The summed E-state index contributed by atoms with van der Waals surface area (Å²) in [6.45, 7) is 0. The highest BCUT2D eigenvalue weighted by Gasteiger charge is 2.33. The molecule has 0 radical (unpaired) electrons. The first kappa shape index (κ1) is 11.2. The molecule has 0 aromatic heterocycles. The standard InChI is InChI=1S/C8H7F3N2O2/c9-8(10,11)5-3-1-2-4-6(5)12-13-7(14)15/h1-4,12-13H,(H,14,15). The highest BCUT2D eigenvalue weighted by molar-refractivity contribution is 5.67. The molecule has 0 heterocycles. The molecule has 0 aliphatic carbocycles. The van der Waals surface area contributed by atoms with Crippen LogP contribution in [-0.2, 0) is 6.18 Å². The second-order valence-corrected chi connectivity index (χ2v) is 2.60. The second kappa shape index (κ2) is 4.07. The number of hydrazine groups is 1. The number of nitrogens with one attached hydrogen (secondary N) is 2. The van der Waals surface area contributed by atoms with Gasteiger partial charge >= 0.3 is 12.3 Å². The van der Waals surface area contributed by atoms with Gasteiger partial charge in [0.1, 0.15) is 0 Å². The fraction of sp³-hybridized carbons (Fsp3) is 0.125. The lowest BCUT2D eigenvalue weighted by Crippen LogP contribution is -2.28. The largest absolute Gasteiger partial charge is 0.464 e. The maximum atomic E-state index is 12.4. The highest BCUT2D eigenvalue weighted by Crippen LogP contribution is 2.34. The minimum atomic E-state index is -4.52. The van der Waals surface area contributed by atoms with Crippen LogP contribution in [0.1, 0.15) is 5.56 Å². The van der Waals surface area contributed by atoms with Gasteiger partial charge in [0.05, 0.1) is 11.3 Å². The van der Waals surface area contributed by atoms with Crippen LogP contribution in [0.5, 0.6) is 0 Å². The molecular weight excluding hydrogens is 213 g/mol. The van der Waals surface area contributed by atoms with E-state index in [2.05, 4.69) is 0 Å². The van der Waals surface area contributed by atoms with Crippen molar-refractivity contribution in [3.8, 4) is 0 Å². The van der Waals surface area contributed by atoms with Gasteiger partial charge in [0.15, 0.2) is 0 Å². The number of hydrogen-bond acceptors (Lipinski definition) is 2. The van der Waals surface area contributed by atoms with E-state index in [0.717, 1.165) is 12.1 Å². The molecule has 0 aliphatic heterocycles. The molecule has 4 nitrogen and oxygen atoms in total. The first-order valence-electron chi connectivity index (χ1n) is 3.82. The van der Waals surface area contributed by atoms with Crippen LogP contribution in [0.15, 0.2) is 24.3 Å². The third-order valence-electron chi connectivity index (χ3n) is 1.54. The first-order chi connectivity index (χ1) is 6.91. The Morgan fingerprint density at radius 2 is 1.87 bits per heavy atom. The van der Waals surface area contributed by atoms with Crippen LogP contribution in [0.2, 0.25) is 0 Å². The van der Waals surface area contributed by atoms with Crippen molar-refractivity contribution in [3.05, 3.63) is 29.8 Å². The maximum absolute atomic E-state index is 12.4. The summed E-state index contributed by atoms with van der Waals surface area (Å²) < 4.78 is 37.1. The van der Waals surface area contributed by atoms with Crippen LogP contribution < -0.4 is 10.9 Å². The number of rotatable bonds is 2. The van der Waals surface area contributed by atoms with Gasteiger partial charge in [0.25, 0.3) is 0 Å². The highest BCUT2D eigenvalue weighted by atomic mass is 19.4. The number of carbonyl (C=O) groups is 1. The molecule has 1 amide bonds. The van der Waals surface area contributed by atoms with E-state index >= 15 is 0 Å². The van der Waals surface area contributed by atoms with E-state index in [9.17, 15) is 18.0 Å². The maximum Gasteiger partial charge on any atom is 0.423 e. The zero-order valence-electron chi connectivity index (χ0n) is 7.30. The Morgan fingerprint density at radius 1 is 1.27 bits per heavy atom. The normalized spacial score (nSPS) is 10.9. The van der Waals surface area contributed by atoms with Crippen molar-refractivity contribution in [1.29, 1.82) is 0 Å². The molecule has 1 aromatic rings. The Hall–Kier alpha value is -1.92. The number of para-hydroxylation sites is 1. The van der Waals surface area contributed by atoms with Crippen molar-refractivity contribution in [3.63, 3.8) is 0 Å². The molecule has 0 atom stereocenters. The fourth-order valence-corrected chi connectivity index (χ4v) is 0.960. The first-order valence-corrected chi connectivity index (χ1v) is 3.82. The average molecular weight is 220 g/mol. The molecule has 1 rings (SSSR count). The Labute approximate surface area is 82.7 Å². The van der Waals surface area contributed by atoms with Gasteiger partial charge in [-0.1, -0.05) is 12.1 Å². The smallest absolute Gasteiger partial charge is 0.423 e. The number of amides is 1. The average Bonchev–Trinajstić information content (AvgIpc) is 2.13. The zero-order valence-corrected chi connectivity index (χ0v) is 7.30. The van der Waals surface area contributed by atoms with E-state index in [1.807, 2.05) is 5.43 Å². The SMILES string of the molecule is O=C(O)NNc1ccccc1C(F)(F)F. The molecule has 0 bridgehead atoms. The van der Waals surface area contributed by atoms with Crippen LogP contribution >= 0.6 is 0 Å². The lowest BCUT2D eigenvalue weighted by molar-refractivity contribution is -0.137. The van der Waals surface area contributed by atoms with Gasteiger partial charge in [-0.05, 0) is 12.1 Å². The predicted molar refractivity (Wildman–Crippen MR) is 46.2 cm³/mol. The van der Waals surface area contributed by atoms with Crippen molar-refractivity contribution < 1.29 is 23.1 Å². The van der Waals surface area contributed by atoms with Crippen LogP contribution in [0.25, 0.3) is 0 Å². The van der Waals surface area contributed by atoms with E-state index in [1.165, 1.54) is 12.1 Å². The van der Waals surface area contributed by atoms with Gasteiger partial charge < -0.3 is 5.11 Å². The number of anilines is 1. The van der Waals surface area contributed by atoms with Crippen molar-refractivity contribution in [2.24, 2.45) is 0 Å². The van der Waals surface area contributed by atoms with Crippen molar-refractivity contribution in [1.82, 2.24) is 5.43 Å². The molecular formula is C8H7F3N2O2. The number of halogens is 3. The van der Waals surface area contributed by atoms with E-state index in [0.29, 0.717) is 0 Å². The molecule has 0 fully saturated rings. The minimum Gasteiger partial charge on any atom is -0.464 e. The molecule has 0 saturated carbocycles. The monoisotopic (exact) mass is 220 g/mol. The fourth-order valence-electron chi connectivity index (χ4n) is 0.960. The summed E-state index contributed by atoms with van der Waals surface area (Å²) in [6.07, 6.45) is -5.99. The molecule has 82 valence electrons. The predicted octanol–water partition coefficient (Wildman–Crippen LogP) is 2.30. The lowest BCUT2D eigenvalue weighted by Gasteiger charge is -2.13. The summed E-state index contributed by atoms with van der Waals surface area (Å²) in [5.41, 5.74) is 2.32. The summed E-state index contributed by atoms with van der Waals surface area (Å²) in [4.78, 5) is 10.1. The van der Waals surface area contributed by atoms with E-state index in [4.69, 9.17) is 5.11 Å². The zero-order chi connectivity index (χ0) is 11.5. The third kappa shape index (κ3) is 3.04. The quantitative estimate of drug-likeness (QED) is 0.670. The molecule has 0 unspecified atom stereocenters. The van der Waals surface area contributed by atoms with Crippen molar-refractivity contribution in [2.75, 3.05) is 5.43 Å². The molecule has 7 heteroatoms. The van der Waals surface area contributed by atoms with Crippen molar-refractivity contribution >= 4 is 11.8 Å². The van der Waals surface area contributed by atoms with Gasteiger partial charge in [-0.15, -0.1) is 0 Å². The van der Waals surface area contributed by atoms with Crippen LogP contribution in [0.4, 0.5) is 23.7 Å². The van der Waals surface area contributed by atoms with Crippen LogP contribution in [0.3, 0.4) is 0 Å². The Morgan fingerprint density at radius 3 is 2.40 bits per heavy atom. The molecule has 3 N–H and O–H groups in total. The molecule has 0 aliphatic rings. The van der Waals surface area contributed by atoms with Crippen molar-refractivity contribution in [2.45, 2.75) is 6.18 Å². The number of alkyl halides is 3. The van der Waals surface area contributed by atoms with E-state index in [-0.39, 0.29) is 5.69 Å². The number of benzene rings is 1. The summed E-state index contributed by atoms with van der Waals surface area (Å²) in [6, 6.07) is 4.56. The minimum absolute atomic E-state index is 0.340. The third-order valence-corrected chi connectivity index (χ3v) is 1.54. The second-order valence-electron chi connectivity index (χ2n) is 2.60. The van der Waals surface area contributed by atoms with Gasteiger partial charge in [-0.3, -0.25) is 5.43 Å². The molecule has 1 aromatic carbocycles. The molecule has 0 saturated heterocycles. The van der Waals surface area contributed by atoms with Gasteiger partial charge in [-0.25, -0.2) is 10.2 Å². The van der Waals surface area contributed by atoms with Gasteiger partial charge in [-0.2, -0.15) is 13.2 Å². The topological polar surface area (TPSA) is 61.4 Å². The molecule has 15 heavy (non-hydrogen) atoms. The molecule has 0 spiro atoms. The number of hydrogen-bond donors (Lipinski definition) is 3. The summed E-state index contributed by atoms with van der Waals surface area (Å²) in [5, 5.41) is 8.21. The summed E-state index contributed by atoms with van der Waals surface area (Å²) in [7, 11) is 0. The van der Waals surface area contributed by atoms with Crippen LogP contribution in [-0.4, -0.2) is 11.2 Å². The Balaban J connectivity index is 2.92. The summed E-state index contributed by atoms with van der Waals surface area (Å²) >= 11 is 0. The van der Waals surface area contributed by atoms with Gasteiger partial charge in [0.2, 0.25) is 0 Å². The number of carboxylic acid groups (broad SMARTS) is 1. The summed E-state index contributed by atoms with van der Waals surface area (Å²) in [5.74, 6) is 0. The van der Waals surface area contributed by atoms with E-state index < -0.39 is 17.8 Å². The van der Waals surface area contributed by atoms with E-state index in [1.54, 1.807) is 5.43 Å². The van der Waals surface area contributed by atoms with Gasteiger partial charge in [0, 0.05) is 0 Å². The Bertz CT molecular complexity index is 365. The van der Waals surface area contributed by atoms with Crippen LogP contribution in [0, 0.1) is 0 Å².